The lowest BCUT2D eigenvalue weighted by Crippen LogP contribution is -2.37. The Bertz CT molecular complexity index is 1400. The zero-order valence-corrected chi connectivity index (χ0v) is 23.0. The van der Waals surface area contributed by atoms with Gasteiger partial charge in [-0.15, -0.1) is 0 Å². The van der Waals surface area contributed by atoms with E-state index in [0.29, 0.717) is 39.8 Å². The Morgan fingerprint density at radius 3 is 2.14 bits per heavy atom. The van der Waals surface area contributed by atoms with Gasteiger partial charge in [0.25, 0.3) is 0 Å². The average Bonchev–Trinajstić information content (AvgIpc) is 2.98. The zero-order valence-electron chi connectivity index (χ0n) is 21.4. The normalized spacial score (nSPS) is 19.6. The second kappa shape index (κ2) is 9.66. The second-order valence-electron chi connectivity index (χ2n) is 10.9. The van der Waals surface area contributed by atoms with Gasteiger partial charge in [-0.05, 0) is 64.8 Å². The van der Waals surface area contributed by atoms with Crippen LogP contribution in [0.4, 0.5) is 11.4 Å². The summed E-state index contributed by atoms with van der Waals surface area (Å²) >= 11 is 12.5. The Balaban J connectivity index is 1.69. The summed E-state index contributed by atoms with van der Waals surface area (Å²) in [5.74, 6) is -0.105. The van der Waals surface area contributed by atoms with Crippen LogP contribution in [0.15, 0.2) is 78.0 Å². The number of fused-ring (bicyclic) bond motifs is 1. The Morgan fingerprint density at radius 1 is 0.892 bits per heavy atom. The number of rotatable bonds is 2. The first kappa shape index (κ1) is 25.6. The zero-order chi connectivity index (χ0) is 26.5. The maximum atomic E-state index is 13.9. The number of amides is 1. The summed E-state index contributed by atoms with van der Waals surface area (Å²) in [6.07, 6.45) is 0.999. The number of hydrogen-bond acceptors (Lipinski definition) is 3. The third-order valence-corrected chi connectivity index (χ3v) is 7.80. The van der Waals surface area contributed by atoms with Gasteiger partial charge in [-0.3, -0.25) is 14.5 Å². The Kier molecular flexibility index (Phi) is 6.68. The van der Waals surface area contributed by atoms with Gasteiger partial charge in [-0.25, -0.2) is 0 Å². The molecule has 1 aliphatic heterocycles. The van der Waals surface area contributed by atoms with Crippen molar-refractivity contribution in [3.05, 3.63) is 105 Å². The fourth-order valence-corrected chi connectivity index (χ4v) is 5.72. The number of anilines is 2. The molecular weight excluding hydrogens is 503 g/mol. The Hall–Kier alpha value is -3.08. The number of nitrogens with one attached hydrogen (secondary N) is 1. The molecule has 0 bridgehead atoms. The number of carbonyl (C=O) groups excluding carboxylic acids is 2. The van der Waals surface area contributed by atoms with E-state index in [4.69, 9.17) is 23.2 Å². The van der Waals surface area contributed by atoms with Crippen LogP contribution >= 0.6 is 23.2 Å². The van der Waals surface area contributed by atoms with E-state index in [9.17, 15) is 9.59 Å². The number of Topliss-reactive ketones (excluding diaryl/α,β-unsaturated/α-hetero) is 1. The lowest BCUT2D eigenvalue weighted by Gasteiger charge is -2.35. The van der Waals surface area contributed by atoms with Crippen LogP contribution in [0.2, 0.25) is 10.0 Å². The number of ketones is 1. The molecule has 0 unspecified atom stereocenters. The van der Waals surface area contributed by atoms with Crippen LogP contribution in [0.3, 0.4) is 0 Å². The van der Waals surface area contributed by atoms with E-state index in [0.717, 1.165) is 16.8 Å². The molecule has 1 heterocycles. The maximum Gasteiger partial charge on any atom is 0.224 e. The van der Waals surface area contributed by atoms with E-state index in [1.807, 2.05) is 48.5 Å². The summed E-state index contributed by atoms with van der Waals surface area (Å²) in [5.41, 5.74) is 6.03. The van der Waals surface area contributed by atoms with Crippen molar-refractivity contribution in [1.29, 1.82) is 0 Å². The summed E-state index contributed by atoms with van der Waals surface area (Å²) < 4.78 is 0. The summed E-state index contributed by atoms with van der Waals surface area (Å²) in [4.78, 5) is 28.9. The monoisotopic (exact) mass is 532 g/mol. The molecule has 2 atom stereocenters. The molecule has 6 heteroatoms. The Labute approximate surface area is 228 Å². The highest BCUT2D eigenvalue weighted by Crippen LogP contribution is 2.48. The minimum Gasteiger partial charge on any atom is -0.357 e. The van der Waals surface area contributed by atoms with Crippen LogP contribution in [0.1, 0.15) is 69.2 Å². The van der Waals surface area contributed by atoms with E-state index in [1.165, 1.54) is 5.56 Å². The molecule has 4 nitrogen and oxygen atoms in total. The molecule has 2 aliphatic rings. The number of allylic oxidation sites excluding steroid dienone is 1. The van der Waals surface area contributed by atoms with Gasteiger partial charge < -0.3 is 5.32 Å². The van der Waals surface area contributed by atoms with Crippen molar-refractivity contribution in [3.8, 4) is 0 Å². The van der Waals surface area contributed by atoms with Crippen molar-refractivity contribution in [2.24, 2.45) is 0 Å². The standard InChI is InChI=1S/C31H30Cl2N2O2/c1-18(36)35-27-14-13-24(33)17-25(27)34-26-15-21(19-7-11-23(32)12-8-19)16-28(37)29(26)30(35)20-5-9-22(10-6-20)31(2,3)4/h5-14,17,21,30,34H,15-16H2,1-4H3/t21-,30-/m1/s1. The molecule has 0 saturated carbocycles. The predicted molar refractivity (Wildman–Crippen MR) is 152 cm³/mol. The number of hydrogen-bond donors (Lipinski definition) is 1. The van der Waals surface area contributed by atoms with Gasteiger partial charge in [-0.1, -0.05) is 80.4 Å². The molecule has 0 aromatic heterocycles. The van der Waals surface area contributed by atoms with Gasteiger partial charge in [0.05, 0.1) is 17.4 Å². The van der Waals surface area contributed by atoms with Crippen molar-refractivity contribution in [2.75, 3.05) is 10.2 Å². The topological polar surface area (TPSA) is 49.4 Å². The van der Waals surface area contributed by atoms with Crippen molar-refractivity contribution in [2.45, 2.75) is 57.9 Å². The molecule has 1 amide bonds. The van der Waals surface area contributed by atoms with Crippen LogP contribution in [0.5, 0.6) is 0 Å². The quantitative estimate of drug-likeness (QED) is 0.361. The first-order valence-electron chi connectivity index (χ1n) is 12.5. The molecule has 1 N–H and O–H groups in total. The van der Waals surface area contributed by atoms with Gasteiger partial charge in [0.2, 0.25) is 5.91 Å². The minimum absolute atomic E-state index is 0.00597. The first-order chi connectivity index (χ1) is 17.5. The fraction of sp³-hybridized carbons (Fsp3) is 0.290. The summed E-state index contributed by atoms with van der Waals surface area (Å²) in [6, 6.07) is 20.9. The van der Waals surface area contributed by atoms with E-state index in [1.54, 1.807) is 17.9 Å². The summed E-state index contributed by atoms with van der Waals surface area (Å²) in [5, 5.41) is 4.74. The first-order valence-corrected chi connectivity index (χ1v) is 13.3. The van der Waals surface area contributed by atoms with Crippen molar-refractivity contribution in [3.63, 3.8) is 0 Å². The highest BCUT2D eigenvalue weighted by Gasteiger charge is 2.41. The van der Waals surface area contributed by atoms with Crippen LogP contribution in [0.25, 0.3) is 0 Å². The van der Waals surface area contributed by atoms with Crippen molar-refractivity contribution >= 4 is 46.3 Å². The number of benzene rings is 3. The molecule has 0 saturated heterocycles. The third-order valence-electron chi connectivity index (χ3n) is 7.32. The van der Waals surface area contributed by atoms with Crippen molar-refractivity contribution in [1.82, 2.24) is 0 Å². The molecule has 190 valence electrons. The lowest BCUT2D eigenvalue weighted by molar-refractivity contribution is -0.117. The molecule has 0 radical (unpaired) electrons. The molecule has 3 aromatic carbocycles. The molecule has 0 spiro atoms. The second-order valence-corrected chi connectivity index (χ2v) is 11.8. The summed E-state index contributed by atoms with van der Waals surface area (Å²) in [7, 11) is 0. The smallest absolute Gasteiger partial charge is 0.224 e. The van der Waals surface area contributed by atoms with Crippen LogP contribution in [-0.2, 0) is 15.0 Å². The maximum absolute atomic E-state index is 13.9. The molecule has 0 fully saturated rings. The summed E-state index contributed by atoms with van der Waals surface area (Å²) in [6.45, 7) is 8.05. The molecular formula is C31H30Cl2N2O2. The van der Waals surface area contributed by atoms with Gasteiger partial charge in [0.15, 0.2) is 5.78 Å². The van der Waals surface area contributed by atoms with Gasteiger partial charge in [0, 0.05) is 34.7 Å². The van der Waals surface area contributed by atoms with Crippen LogP contribution in [-0.4, -0.2) is 11.7 Å². The molecule has 3 aromatic rings. The molecule has 5 rings (SSSR count). The number of carbonyl (C=O) groups is 2. The van der Waals surface area contributed by atoms with Crippen LogP contribution < -0.4 is 10.2 Å². The lowest BCUT2D eigenvalue weighted by atomic mass is 9.78. The average molecular weight is 533 g/mol. The fourth-order valence-electron chi connectivity index (χ4n) is 5.42. The van der Waals surface area contributed by atoms with E-state index < -0.39 is 6.04 Å². The van der Waals surface area contributed by atoms with Gasteiger partial charge in [0.1, 0.15) is 0 Å². The highest BCUT2D eigenvalue weighted by atomic mass is 35.5. The highest BCUT2D eigenvalue weighted by molar-refractivity contribution is 6.31. The molecule has 37 heavy (non-hydrogen) atoms. The van der Waals surface area contributed by atoms with E-state index >= 15 is 0 Å². The third kappa shape index (κ3) is 4.93. The number of nitrogens with zero attached hydrogens (tertiary/aromatic N) is 1. The Morgan fingerprint density at radius 2 is 1.51 bits per heavy atom. The van der Waals surface area contributed by atoms with E-state index in [2.05, 4.69) is 38.2 Å². The van der Waals surface area contributed by atoms with E-state index in [-0.39, 0.29) is 23.0 Å². The molecule has 1 aliphatic carbocycles. The van der Waals surface area contributed by atoms with Crippen molar-refractivity contribution < 1.29 is 9.59 Å². The number of halogens is 2. The predicted octanol–water partition coefficient (Wildman–Crippen LogP) is 8.21. The largest absolute Gasteiger partial charge is 0.357 e. The van der Waals surface area contributed by atoms with Crippen LogP contribution in [0, 0.1) is 0 Å². The minimum atomic E-state index is -0.546. The SMILES string of the molecule is CC(=O)N1c2ccc(Cl)cc2NC2=C(C(=O)C[C@H](c3ccc(Cl)cc3)C2)[C@H]1c1ccc(C(C)(C)C)cc1. The van der Waals surface area contributed by atoms with Gasteiger partial charge in [-0.2, -0.15) is 0 Å². The van der Waals surface area contributed by atoms with Gasteiger partial charge >= 0.3 is 0 Å².